The number of benzene rings is 1. The van der Waals surface area contributed by atoms with E-state index < -0.39 is 0 Å². The van der Waals surface area contributed by atoms with E-state index in [0.29, 0.717) is 28.7 Å². The molecule has 19 heavy (non-hydrogen) atoms. The summed E-state index contributed by atoms with van der Waals surface area (Å²) in [5.74, 6) is 0.354. The molecule has 0 saturated heterocycles. The van der Waals surface area contributed by atoms with E-state index in [1.165, 1.54) is 6.20 Å². The maximum Gasteiger partial charge on any atom is 0.279 e. The van der Waals surface area contributed by atoms with Crippen molar-refractivity contribution in [3.05, 3.63) is 35.1 Å². The lowest BCUT2D eigenvalue weighted by molar-refractivity contribution is 0.0957. The molecule has 5 nitrogen and oxygen atoms in total. The molecule has 1 aromatic heterocycles. The number of rotatable bonds is 1. The number of nitrogens with zero attached hydrogens (tertiary/aromatic N) is 3. The van der Waals surface area contributed by atoms with Gasteiger partial charge in [-0.25, -0.2) is 0 Å². The summed E-state index contributed by atoms with van der Waals surface area (Å²) in [5.41, 5.74) is 1.01. The summed E-state index contributed by atoms with van der Waals surface area (Å²) >= 11 is 7.13. The molecule has 1 aliphatic heterocycles. The van der Waals surface area contributed by atoms with Gasteiger partial charge in [0, 0.05) is 0 Å². The molecule has 2 heterocycles. The van der Waals surface area contributed by atoms with Crippen LogP contribution in [0.1, 0.15) is 17.4 Å². The van der Waals surface area contributed by atoms with Gasteiger partial charge in [0.15, 0.2) is 11.4 Å². The number of carbonyl (C=O) groups is 1. The lowest BCUT2D eigenvalue weighted by atomic mass is 10.2. The number of ether oxygens (including phenoxy) is 1. The quantitative estimate of drug-likeness (QED) is 0.811. The van der Waals surface area contributed by atoms with Crippen LogP contribution in [0.5, 0.6) is 5.75 Å². The van der Waals surface area contributed by atoms with E-state index in [0.717, 1.165) is 11.7 Å². The van der Waals surface area contributed by atoms with E-state index in [9.17, 15) is 4.79 Å². The first-order valence-electron chi connectivity index (χ1n) is 5.71. The van der Waals surface area contributed by atoms with E-state index in [1.54, 1.807) is 17.0 Å². The highest BCUT2D eigenvalue weighted by molar-refractivity contribution is 6.99. The van der Waals surface area contributed by atoms with Crippen LogP contribution in [0.4, 0.5) is 5.69 Å². The highest BCUT2D eigenvalue weighted by atomic mass is 35.5. The zero-order valence-corrected chi connectivity index (χ0v) is 11.6. The summed E-state index contributed by atoms with van der Waals surface area (Å²) in [7, 11) is 0. The molecule has 98 valence electrons. The van der Waals surface area contributed by atoms with Crippen molar-refractivity contribution in [1.29, 1.82) is 0 Å². The summed E-state index contributed by atoms with van der Waals surface area (Å²) < 4.78 is 13.5. The van der Waals surface area contributed by atoms with Crippen LogP contribution in [0.15, 0.2) is 24.4 Å². The Morgan fingerprint density at radius 3 is 3.16 bits per heavy atom. The second-order valence-corrected chi connectivity index (χ2v) is 5.19. The van der Waals surface area contributed by atoms with E-state index in [1.807, 2.05) is 13.0 Å². The normalized spacial score (nSPS) is 17.8. The van der Waals surface area contributed by atoms with Crippen molar-refractivity contribution < 1.29 is 9.53 Å². The van der Waals surface area contributed by atoms with Crippen molar-refractivity contribution >= 4 is 34.9 Å². The fraction of sp³-hybridized carbons (Fsp3) is 0.250. The first kappa shape index (κ1) is 12.4. The Kier molecular flexibility index (Phi) is 3.12. The third kappa shape index (κ3) is 2.17. The monoisotopic (exact) mass is 295 g/mol. The number of carbonyl (C=O) groups excluding carboxylic acids is 1. The molecule has 7 heteroatoms. The molecule has 0 spiro atoms. The van der Waals surface area contributed by atoms with Gasteiger partial charge in [-0.1, -0.05) is 17.7 Å². The third-order valence-corrected chi connectivity index (χ3v) is 3.60. The highest BCUT2D eigenvalue weighted by Gasteiger charge is 2.30. The van der Waals surface area contributed by atoms with Crippen LogP contribution in [-0.4, -0.2) is 27.3 Å². The largest absolute Gasteiger partial charge is 0.485 e. The van der Waals surface area contributed by atoms with Crippen molar-refractivity contribution in [3.63, 3.8) is 0 Å². The van der Waals surface area contributed by atoms with E-state index in [4.69, 9.17) is 16.3 Å². The molecule has 0 N–H and O–H groups in total. The van der Waals surface area contributed by atoms with Gasteiger partial charge in [-0.3, -0.25) is 9.69 Å². The van der Waals surface area contributed by atoms with Crippen LogP contribution < -0.4 is 9.64 Å². The lowest BCUT2D eigenvalue weighted by Crippen LogP contribution is -2.42. The molecule has 0 fully saturated rings. The van der Waals surface area contributed by atoms with Crippen molar-refractivity contribution in [2.45, 2.75) is 13.0 Å². The number of para-hydroxylation sites is 1. The van der Waals surface area contributed by atoms with Crippen LogP contribution in [-0.2, 0) is 0 Å². The number of amides is 1. The number of hydrogen-bond donors (Lipinski definition) is 0. The average molecular weight is 296 g/mol. The Balaban J connectivity index is 2.04. The maximum atomic E-state index is 12.4. The predicted octanol–water partition coefficient (Wildman–Crippen LogP) is 2.62. The van der Waals surface area contributed by atoms with Gasteiger partial charge >= 0.3 is 0 Å². The maximum absolute atomic E-state index is 12.4. The molecule has 1 atom stereocenters. The van der Waals surface area contributed by atoms with Gasteiger partial charge in [0.05, 0.1) is 35.2 Å². The fourth-order valence-electron chi connectivity index (χ4n) is 2.01. The molecule has 1 aromatic carbocycles. The molecule has 0 unspecified atom stereocenters. The molecule has 2 aromatic rings. The van der Waals surface area contributed by atoms with Crippen molar-refractivity contribution in [1.82, 2.24) is 8.75 Å². The van der Waals surface area contributed by atoms with Gasteiger partial charge in [0.1, 0.15) is 6.10 Å². The first-order valence-corrected chi connectivity index (χ1v) is 6.82. The minimum Gasteiger partial charge on any atom is -0.485 e. The lowest BCUT2D eigenvalue weighted by Gasteiger charge is -2.33. The van der Waals surface area contributed by atoms with E-state index in [-0.39, 0.29) is 12.0 Å². The standard InChI is InChI=1S/C12H10ClN3O2S/c1-7-6-16(12(17)9-5-14-19-15-9)10-4-2-3-8(13)11(10)18-7/h2-5,7H,6H2,1H3/t7-/m1/s1. The molecule has 0 saturated carbocycles. The summed E-state index contributed by atoms with van der Waals surface area (Å²) in [6.07, 6.45) is 1.35. The van der Waals surface area contributed by atoms with E-state index in [2.05, 4.69) is 8.75 Å². The van der Waals surface area contributed by atoms with Crippen LogP contribution in [0.25, 0.3) is 0 Å². The van der Waals surface area contributed by atoms with E-state index >= 15 is 0 Å². The number of halogens is 1. The molecule has 0 aliphatic carbocycles. The molecule has 1 amide bonds. The fourth-order valence-corrected chi connectivity index (χ4v) is 2.63. The smallest absolute Gasteiger partial charge is 0.279 e. The van der Waals surface area contributed by atoms with Gasteiger partial charge < -0.3 is 4.74 Å². The predicted molar refractivity (Wildman–Crippen MR) is 73.1 cm³/mol. The van der Waals surface area contributed by atoms with Crippen LogP contribution in [0.3, 0.4) is 0 Å². The zero-order valence-electron chi connectivity index (χ0n) is 10.0. The summed E-state index contributed by atoms with van der Waals surface area (Å²) in [4.78, 5) is 14.0. The molecule has 3 rings (SSSR count). The summed E-state index contributed by atoms with van der Waals surface area (Å²) in [6.45, 7) is 2.36. The van der Waals surface area contributed by atoms with Crippen LogP contribution in [0, 0.1) is 0 Å². The molecular formula is C12H10ClN3O2S. The Morgan fingerprint density at radius 2 is 2.42 bits per heavy atom. The number of anilines is 1. The summed E-state index contributed by atoms with van der Waals surface area (Å²) in [5, 5.41) is 0.498. The number of fused-ring (bicyclic) bond motifs is 1. The zero-order chi connectivity index (χ0) is 13.4. The van der Waals surface area contributed by atoms with Crippen LogP contribution >= 0.6 is 23.3 Å². The van der Waals surface area contributed by atoms with Gasteiger partial charge in [0.25, 0.3) is 5.91 Å². The number of hydrogen-bond acceptors (Lipinski definition) is 5. The van der Waals surface area contributed by atoms with Crippen molar-refractivity contribution in [3.8, 4) is 5.75 Å². The SMILES string of the molecule is C[C@@H]1CN(C(=O)c2cnsn2)c2cccc(Cl)c2O1. The minimum absolute atomic E-state index is 0.122. The second kappa shape index (κ2) is 4.79. The summed E-state index contributed by atoms with van der Waals surface area (Å²) in [6, 6.07) is 5.34. The second-order valence-electron chi connectivity index (χ2n) is 4.22. The Hall–Kier alpha value is -1.66. The minimum atomic E-state index is -0.188. The Bertz CT molecular complexity index is 617. The molecule has 0 bridgehead atoms. The average Bonchev–Trinajstić information content (AvgIpc) is 2.92. The van der Waals surface area contributed by atoms with Gasteiger partial charge in [-0.15, -0.1) is 0 Å². The van der Waals surface area contributed by atoms with Gasteiger partial charge in [-0.2, -0.15) is 8.75 Å². The van der Waals surface area contributed by atoms with Crippen LogP contribution in [0.2, 0.25) is 5.02 Å². The van der Waals surface area contributed by atoms with Gasteiger partial charge in [-0.05, 0) is 19.1 Å². The highest BCUT2D eigenvalue weighted by Crippen LogP contribution is 2.39. The topological polar surface area (TPSA) is 55.3 Å². The Morgan fingerprint density at radius 1 is 1.58 bits per heavy atom. The number of aromatic nitrogens is 2. The van der Waals surface area contributed by atoms with Gasteiger partial charge in [0.2, 0.25) is 0 Å². The van der Waals surface area contributed by atoms with Crippen molar-refractivity contribution in [2.75, 3.05) is 11.4 Å². The molecular weight excluding hydrogens is 286 g/mol. The molecule has 1 aliphatic rings. The first-order chi connectivity index (χ1) is 9.16. The Labute approximate surface area is 119 Å². The van der Waals surface area contributed by atoms with Crippen molar-refractivity contribution in [2.24, 2.45) is 0 Å². The molecule has 0 radical (unpaired) electrons. The third-order valence-electron chi connectivity index (χ3n) is 2.82.